The van der Waals surface area contributed by atoms with Crippen LogP contribution in [0.5, 0.6) is 0 Å². The third-order valence-electron chi connectivity index (χ3n) is 3.11. The zero-order valence-electron chi connectivity index (χ0n) is 12.1. The summed E-state index contributed by atoms with van der Waals surface area (Å²) in [4.78, 5) is 34.1. The van der Waals surface area contributed by atoms with Crippen LogP contribution in [0, 0.1) is 28.4 Å². The van der Waals surface area contributed by atoms with Crippen molar-refractivity contribution in [3.8, 4) is 6.07 Å². The number of rotatable bonds is 4. The molecular formula is C14H9ClN4O4S. The van der Waals surface area contributed by atoms with E-state index in [9.17, 15) is 25.0 Å². The van der Waals surface area contributed by atoms with Crippen molar-refractivity contribution in [3.63, 3.8) is 0 Å². The Morgan fingerprint density at radius 2 is 2.12 bits per heavy atom. The molecule has 0 saturated carbocycles. The lowest BCUT2D eigenvalue weighted by atomic mass is 10.1. The molecule has 10 heteroatoms. The van der Waals surface area contributed by atoms with E-state index in [1.165, 1.54) is 13.0 Å². The minimum absolute atomic E-state index is 0.0758. The van der Waals surface area contributed by atoms with Gasteiger partial charge in [0, 0.05) is 11.1 Å². The summed E-state index contributed by atoms with van der Waals surface area (Å²) in [6, 6.07) is 5.42. The third-order valence-corrected chi connectivity index (χ3v) is 4.57. The van der Waals surface area contributed by atoms with Crippen molar-refractivity contribution in [2.75, 3.05) is 5.32 Å². The van der Waals surface area contributed by atoms with Gasteiger partial charge < -0.3 is 11.1 Å². The molecule has 2 amide bonds. The lowest BCUT2D eigenvalue weighted by molar-refractivity contribution is -0.385. The molecule has 0 atom stereocenters. The summed E-state index contributed by atoms with van der Waals surface area (Å²) >= 11 is 6.61. The molecular weight excluding hydrogens is 356 g/mol. The summed E-state index contributed by atoms with van der Waals surface area (Å²) in [5, 5.41) is 22.9. The van der Waals surface area contributed by atoms with E-state index < -0.39 is 22.4 Å². The number of primary amides is 1. The first-order valence-corrected chi connectivity index (χ1v) is 7.54. The Balaban J connectivity index is 2.47. The van der Waals surface area contributed by atoms with Crippen LogP contribution in [-0.4, -0.2) is 16.7 Å². The Morgan fingerprint density at radius 3 is 2.67 bits per heavy atom. The average molecular weight is 365 g/mol. The fraction of sp³-hybridized carbons (Fsp3) is 0.0714. The molecule has 0 aliphatic carbocycles. The van der Waals surface area contributed by atoms with Crippen molar-refractivity contribution in [2.45, 2.75) is 6.92 Å². The van der Waals surface area contributed by atoms with E-state index in [0.717, 1.165) is 23.5 Å². The number of hydrogen-bond acceptors (Lipinski definition) is 6. The molecule has 0 bridgehead atoms. The van der Waals surface area contributed by atoms with Crippen molar-refractivity contribution in [1.29, 1.82) is 5.26 Å². The molecule has 24 heavy (non-hydrogen) atoms. The highest BCUT2D eigenvalue weighted by Gasteiger charge is 2.24. The van der Waals surface area contributed by atoms with Crippen LogP contribution in [0.2, 0.25) is 5.02 Å². The van der Waals surface area contributed by atoms with E-state index in [-0.39, 0.29) is 26.0 Å². The number of nitro groups is 1. The minimum atomic E-state index is -0.821. The van der Waals surface area contributed by atoms with Crippen molar-refractivity contribution < 1.29 is 14.5 Å². The summed E-state index contributed by atoms with van der Waals surface area (Å²) in [5.74, 6) is -1.55. The highest BCUT2D eigenvalue weighted by atomic mass is 35.5. The summed E-state index contributed by atoms with van der Waals surface area (Å²) in [7, 11) is 0. The molecule has 1 aromatic carbocycles. The van der Waals surface area contributed by atoms with E-state index in [1.807, 2.05) is 6.07 Å². The van der Waals surface area contributed by atoms with Gasteiger partial charge in [0.2, 0.25) is 0 Å². The van der Waals surface area contributed by atoms with E-state index >= 15 is 0 Å². The monoisotopic (exact) mass is 364 g/mol. The van der Waals surface area contributed by atoms with Gasteiger partial charge in [-0.25, -0.2) is 0 Å². The van der Waals surface area contributed by atoms with E-state index in [2.05, 4.69) is 5.32 Å². The molecule has 1 aromatic heterocycles. The number of nitro benzene ring substituents is 1. The Bertz CT molecular complexity index is 916. The summed E-state index contributed by atoms with van der Waals surface area (Å²) in [6.07, 6.45) is 0. The van der Waals surface area contributed by atoms with Crippen molar-refractivity contribution in [1.82, 2.24) is 0 Å². The van der Waals surface area contributed by atoms with Crippen LogP contribution in [0.1, 0.15) is 31.2 Å². The number of nitrogens with one attached hydrogen (secondary N) is 1. The number of anilines is 1. The number of carbonyl (C=O) groups excluding carboxylic acids is 2. The molecule has 0 aliphatic heterocycles. The molecule has 2 rings (SSSR count). The molecule has 0 saturated heterocycles. The molecule has 0 fully saturated rings. The Morgan fingerprint density at radius 1 is 1.46 bits per heavy atom. The van der Waals surface area contributed by atoms with Gasteiger partial charge in [-0.05, 0) is 24.6 Å². The number of thiophene rings is 1. The van der Waals surface area contributed by atoms with Crippen LogP contribution in [0.3, 0.4) is 0 Å². The first kappa shape index (κ1) is 17.4. The number of amides is 2. The number of benzene rings is 1. The lowest BCUT2D eigenvalue weighted by Crippen LogP contribution is -2.14. The van der Waals surface area contributed by atoms with E-state index in [4.69, 9.17) is 17.3 Å². The van der Waals surface area contributed by atoms with Gasteiger partial charge in [0.1, 0.15) is 16.6 Å². The fourth-order valence-electron chi connectivity index (χ4n) is 1.99. The summed E-state index contributed by atoms with van der Waals surface area (Å²) in [5.41, 5.74) is 4.94. The van der Waals surface area contributed by atoms with Gasteiger partial charge >= 0.3 is 0 Å². The number of nitrogens with zero attached hydrogens (tertiary/aromatic N) is 2. The van der Waals surface area contributed by atoms with Gasteiger partial charge in [-0.15, -0.1) is 11.3 Å². The molecule has 3 N–H and O–H groups in total. The second kappa shape index (κ2) is 6.66. The quantitative estimate of drug-likeness (QED) is 0.634. The Kier molecular flexibility index (Phi) is 4.82. The minimum Gasteiger partial charge on any atom is -0.365 e. The van der Waals surface area contributed by atoms with Crippen molar-refractivity contribution in [3.05, 3.63) is 54.9 Å². The van der Waals surface area contributed by atoms with Gasteiger partial charge in [0.15, 0.2) is 0 Å². The van der Waals surface area contributed by atoms with Crippen LogP contribution in [-0.2, 0) is 0 Å². The first-order chi connectivity index (χ1) is 11.3. The van der Waals surface area contributed by atoms with Gasteiger partial charge in [-0.3, -0.25) is 19.7 Å². The van der Waals surface area contributed by atoms with Crippen LogP contribution in [0.25, 0.3) is 0 Å². The molecule has 0 spiro atoms. The lowest BCUT2D eigenvalue weighted by Gasteiger charge is -2.05. The molecule has 0 unspecified atom stereocenters. The Labute approximate surface area is 144 Å². The predicted molar refractivity (Wildman–Crippen MR) is 88.3 cm³/mol. The average Bonchev–Trinajstić information content (AvgIpc) is 2.82. The second-order valence-corrected chi connectivity index (χ2v) is 6.07. The van der Waals surface area contributed by atoms with Crippen LogP contribution in [0.4, 0.5) is 10.7 Å². The summed E-state index contributed by atoms with van der Waals surface area (Å²) in [6.45, 7) is 1.52. The standard InChI is InChI=1S/C14H9ClN4O4S/c1-6-9(5-16)14(24-11(6)12(17)20)18-13(21)8-4-7(15)2-3-10(8)19(22)23/h2-4H,1H3,(H2,17,20)(H,18,21). The van der Waals surface area contributed by atoms with E-state index in [0.29, 0.717) is 5.56 Å². The van der Waals surface area contributed by atoms with Crippen LogP contribution in [0.15, 0.2) is 18.2 Å². The number of hydrogen-bond donors (Lipinski definition) is 2. The van der Waals surface area contributed by atoms with Gasteiger partial charge in [0.05, 0.1) is 15.4 Å². The maximum atomic E-state index is 12.4. The normalized spacial score (nSPS) is 10.0. The molecule has 122 valence electrons. The molecule has 0 radical (unpaired) electrons. The van der Waals surface area contributed by atoms with E-state index in [1.54, 1.807) is 0 Å². The topological polar surface area (TPSA) is 139 Å². The highest BCUT2D eigenvalue weighted by molar-refractivity contribution is 7.18. The number of nitrogens with two attached hydrogens (primary N) is 1. The second-order valence-electron chi connectivity index (χ2n) is 4.61. The molecule has 2 aromatic rings. The molecule has 1 heterocycles. The molecule has 0 aliphatic rings. The smallest absolute Gasteiger partial charge is 0.282 e. The highest BCUT2D eigenvalue weighted by Crippen LogP contribution is 2.33. The number of halogens is 1. The van der Waals surface area contributed by atoms with Crippen molar-refractivity contribution in [2.24, 2.45) is 5.73 Å². The fourth-order valence-corrected chi connectivity index (χ4v) is 3.17. The zero-order valence-corrected chi connectivity index (χ0v) is 13.7. The maximum Gasteiger partial charge on any atom is 0.282 e. The third kappa shape index (κ3) is 3.19. The predicted octanol–water partition coefficient (Wildman–Crippen LogP) is 2.84. The van der Waals surface area contributed by atoms with Crippen LogP contribution < -0.4 is 11.1 Å². The van der Waals surface area contributed by atoms with Gasteiger partial charge in [0.25, 0.3) is 17.5 Å². The van der Waals surface area contributed by atoms with Crippen LogP contribution >= 0.6 is 22.9 Å². The first-order valence-electron chi connectivity index (χ1n) is 6.34. The number of carbonyl (C=O) groups is 2. The summed E-state index contributed by atoms with van der Waals surface area (Å²) < 4.78 is 0. The Hall–Kier alpha value is -2.96. The zero-order chi connectivity index (χ0) is 18.0. The number of nitriles is 1. The maximum absolute atomic E-state index is 12.4. The van der Waals surface area contributed by atoms with Gasteiger partial charge in [-0.2, -0.15) is 5.26 Å². The van der Waals surface area contributed by atoms with Gasteiger partial charge in [-0.1, -0.05) is 11.6 Å². The SMILES string of the molecule is Cc1c(C(N)=O)sc(NC(=O)c2cc(Cl)ccc2[N+](=O)[O-])c1C#N. The molecule has 8 nitrogen and oxygen atoms in total. The van der Waals surface area contributed by atoms with Crippen molar-refractivity contribution >= 4 is 45.4 Å². The largest absolute Gasteiger partial charge is 0.365 e.